The quantitative estimate of drug-likeness (QED) is 0.313. The molecule has 2 amide bonds. The van der Waals surface area contributed by atoms with Gasteiger partial charge in [-0.25, -0.2) is 9.78 Å². The Balaban J connectivity index is 1.34. The third-order valence-corrected chi connectivity index (χ3v) is 7.51. The molecule has 1 aromatic heterocycles. The number of amides is 2. The summed E-state index contributed by atoms with van der Waals surface area (Å²) in [5.74, 6) is 0.383. The van der Waals surface area contributed by atoms with E-state index in [0.717, 1.165) is 52.9 Å². The van der Waals surface area contributed by atoms with Crippen LogP contribution in [0, 0.1) is 5.92 Å². The molecule has 40 heavy (non-hydrogen) atoms. The monoisotopic (exact) mass is 541 g/mol. The van der Waals surface area contributed by atoms with Crippen molar-refractivity contribution in [2.24, 2.45) is 5.92 Å². The van der Waals surface area contributed by atoms with Gasteiger partial charge in [-0.15, -0.1) is 0 Å². The normalized spacial score (nSPS) is 17.6. The van der Waals surface area contributed by atoms with E-state index in [1.807, 2.05) is 53.4 Å². The average Bonchev–Trinajstić information content (AvgIpc) is 3.37. The number of ether oxygens (including phenoxy) is 2. The van der Waals surface area contributed by atoms with E-state index < -0.39 is 5.97 Å². The van der Waals surface area contributed by atoms with Crippen molar-refractivity contribution in [3.8, 4) is 5.75 Å². The first kappa shape index (κ1) is 27.4. The predicted molar refractivity (Wildman–Crippen MR) is 154 cm³/mol. The maximum absolute atomic E-state index is 13.5. The van der Waals surface area contributed by atoms with Crippen molar-refractivity contribution in [1.82, 2.24) is 15.2 Å². The number of esters is 1. The lowest BCUT2D eigenvalue weighted by Gasteiger charge is -2.26. The molecule has 5 rings (SSSR count). The molecule has 208 valence electrons. The standard InChI is InChI=1S/C32H35N3O5/c1-21-17-23(19-22-10-12-24(39-2)13-11-22)31-26(18-21)30(25-7-3-4-8-27(25)34-31)32(38)40-20-28(36)33-14-6-16-35-15-5-9-29(35)37/h3-4,7-8,10-13,19,21H,5-6,9,14-18,20H2,1-2H3,(H,33,36)/b23-19-/t21-/m0/s1. The molecule has 0 saturated carbocycles. The molecule has 2 aromatic carbocycles. The van der Waals surface area contributed by atoms with Gasteiger partial charge in [0.25, 0.3) is 5.91 Å². The van der Waals surface area contributed by atoms with Crippen LogP contribution >= 0.6 is 0 Å². The summed E-state index contributed by atoms with van der Waals surface area (Å²) in [5.41, 5.74) is 4.95. The lowest BCUT2D eigenvalue weighted by molar-refractivity contribution is -0.127. The number of carbonyl (C=O) groups excluding carboxylic acids is 3. The largest absolute Gasteiger partial charge is 0.497 e. The molecule has 0 spiro atoms. The highest BCUT2D eigenvalue weighted by atomic mass is 16.5. The van der Waals surface area contributed by atoms with Gasteiger partial charge in [0.1, 0.15) is 5.75 Å². The van der Waals surface area contributed by atoms with Crippen LogP contribution in [0.1, 0.15) is 59.8 Å². The summed E-state index contributed by atoms with van der Waals surface area (Å²) in [6, 6.07) is 15.4. The number of para-hydroxylation sites is 1. The van der Waals surface area contributed by atoms with Crippen LogP contribution in [0.15, 0.2) is 48.5 Å². The summed E-state index contributed by atoms with van der Waals surface area (Å²) in [5, 5.41) is 3.51. The number of allylic oxidation sites excluding steroid dienone is 1. The summed E-state index contributed by atoms with van der Waals surface area (Å²) in [6.45, 7) is 3.63. The lowest BCUT2D eigenvalue weighted by atomic mass is 9.80. The van der Waals surface area contributed by atoms with E-state index in [9.17, 15) is 14.4 Å². The highest BCUT2D eigenvalue weighted by Gasteiger charge is 2.29. The van der Waals surface area contributed by atoms with Crippen LogP contribution in [-0.4, -0.2) is 61.0 Å². The van der Waals surface area contributed by atoms with Gasteiger partial charge in [-0.2, -0.15) is 0 Å². The molecule has 8 heteroatoms. The van der Waals surface area contributed by atoms with Crippen molar-refractivity contribution in [3.63, 3.8) is 0 Å². The Morgan fingerprint density at radius 1 is 1.12 bits per heavy atom. The van der Waals surface area contributed by atoms with Gasteiger partial charge in [0.2, 0.25) is 5.91 Å². The number of aromatic nitrogens is 1. The van der Waals surface area contributed by atoms with Crippen LogP contribution in [0.5, 0.6) is 5.75 Å². The van der Waals surface area contributed by atoms with Crippen LogP contribution in [0.25, 0.3) is 22.6 Å². The minimum Gasteiger partial charge on any atom is -0.497 e. The van der Waals surface area contributed by atoms with Gasteiger partial charge in [-0.05, 0) is 72.6 Å². The predicted octanol–water partition coefficient (Wildman–Crippen LogP) is 4.65. The van der Waals surface area contributed by atoms with E-state index in [4.69, 9.17) is 14.5 Å². The van der Waals surface area contributed by atoms with Crippen molar-refractivity contribution in [1.29, 1.82) is 0 Å². The Kier molecular flexibility index (Phi) is 8.43. The summed E-state index contributed by atoms with van der Waals surface area (Å²) in [7, 11) is 1.64. The second-order valence-corrected chi connectivity index (χ2v) is 10.6. The zero-order valence-electron chi connectivity index (χ0n) is 23.1. The summed E-state index contributed by atoms with van der Waals surface area (Å²) in [6.07, 6.45) is 5.81. The van der Waals surface area contributed by atoms with E-state index in [0.29, 0.717) is 49.4 Å². The molecule has 1 N–H and O–H groups in total. The van der Waals surface area contributed by atoms with Crippen LogP contribution < -0.4 is 10.1 Å². The van der Waals surface area contributed by atoms with Crippen molar-refractivity contribution in [2.45, 2.75) is 39.0 Å². The number of rotatable bonds is 9. The number of fused-ring (bicyclic) bond motifs is 2. The number of hydrogen-bond donors (Lipinski definition) is 1. The molecular formula is C32H35N3O5. The van der Waals surface area contributed by atoms with Gasteiger partial charge in [0, 0.05) is 31.4 Å². The first-order chi connectivity index (χ1) is 19.4. The lowest BCUT2D eigenvalue weighted by Crippen LogP contribution is -2.33. The maximum Gasteiger partial charge on any atom is 0.339 e. The Morgan fingerprint density at radius 2 is 1.93 bits per heavy atom. The van der Waals surface area contributed by atoms with Crippen molar-refractivity contribution < 1.29 is 23.9 Å². The third kappa shape index (κ3) is 6.17. The number of nitrogens with zero attached hydrogens (tertiary/aromatic N) is 2. The first-order valence-corrected chi connectivity index (χ1v) is 13.9. The van der Waals surface area contributed by atoms with E-state index in [2.05, 4.69) is 18.3 Å². The minimum atomic E-state index is -0.523. The van der Waals surface area contributed by atoms with E-state index in [-0.39, 0.29) is 18.4 Å². The zero-order chi connectivity index (χ0) is 28.1. The van der Waals surface area contributed by atoms with Crippen LogP contribution in [0.3, 0.4) is 0 Å². The molecule has 2 heterocycles. The number of pyridine rings is 1. The van der Waals surface area contributed by atoms with Gasteiger partial charge in [-0.1, -0.05) is 37.3 Å². The van der Waals surface area contributed by atoms with Crippen molar-refractivity contribution in [3.05, 3.63) is 70.9 Å². The van der Waals surface area contributed by atoms with Gasteiger partial charge in [0.05, 0.1) is 23.9 Å². The molecule has 3 aromatic rings. The van der Waals surface area contributed by atoms with Crippen molar-refractivity contribution >= 4 is 40.3 Å². The minimum absolute atomic E-state index is 0.171. The first-order valence-electron chi connectivity index (χ1n) is 13.9. The molecule has 8 nitrogen and oxygen atoms in total. The second-order valence-electron chi connectivity index (χ2n) is 10.6. The Hall–Kier alpha value is -4.20. The number of carbonyl (C=O) groups is 3. The van der Waals surface area contributed by atoms with Gasteiger partial charge < -0.3 is 19.7 Å². The number of hydrogen-bond acceptors (Lipinski definition) is 6. The number of benzene rings is 2. The fourth-order valence-corrected chi connectivity index (χ4v) is 5.56. The van der Waals surface area contributed by atoms with E-state index in [1.165, 1.54) is 0 Å². The highest BCUT2D eigenvalue weighted by molar-refractivity contribution is 6.07. The van der Waals surface area contributed by atoms with E-state index in [1.54, 1.807) is 7.11 Å². The van der Waals surface area contributed by atoms with Crippen LogP contribution in [0.2, 0.25) is 0 Å². The molecule has 0 unspecified atom stereocenters. The Labute approximate surface area is 234 Å². The Bertz CT molecular complexity index is 1450. The number of nitrogens with one attached hydrogen (secondary N) is 1. The molecule has 1 aliphatic carbocycles. The SMILES string of the molecule is COc1ccc(/C=C2/C[C@H](C)Cc3c2nc2ccccc2c3C(=O)OCC(=O)NCCCN2CCCC2=O)cc1. The molecule has 1 fully saturated rings. The molecule has 1 saturated heterocycles. The zero-order valence-corrected chi connectivity index (χ0v) is 23.1. The highest BCUT2D eigenvalue weighted by Crippen LogP contribution is 2.38. The number of likely N-dealkylation sites (tertiary alicyclic amines) is 1. The third-order valence-electron chi connectivity index (χ3n) is 7.51. The van der Waals surface area contributed by atoms with Gasteiger partial charge in [0.15, 0.2) is 6.61 Å². The van der Waals surface area contributed by atoms with Crippen LogP contribution in [0.4, 0.5) is 0 Å². The second kappa shape index (κ2) is 12.3. The van der Waals surface area contributed by atoms with Gasteiger partial charge >= 0.3 is 5.97 Å². The summed E-state index contributed by atoms with van der Waals surface area (Å²) < 4.78 is 10.8. The van der Waals surface area contributed by atoms with Gasteiger partial charge in [-0.3, -0.25) is 9.59 Å². The average molecular weight is 542 g/mol. The van der Waals surface area contributed by atoms with Crippen LogP contribution in [-0.2, 0) is 20.7 Å². The maximum atomic E-state index is 13.5. The molecule has 0 bridgehead atoms. The van der Waals surface area contributed by atoms with Crippen molar-refractivity contribution in [2.75, 3.05) is 33.4 Å². The topological polar surface area (TPSA) is 97.8 Å². The molecular weight excluding hydrogens is 506 g/mol. The molecule has 1 aliphatic heterocycles. The number of methoxy groups -OCH3 is 1. The van der Waals surface area contributed by atoms with E-state index >= 15 is 0 Å². The molecule has 2 aliphatic rings. The summed E-state index contributed by atoms with van der Waals surface area (Å²) >= 11 is 0. The molecule has 0 radical (unpaired) electrons. The molecule has 1 atom stereocenters. The fourth-order valence-electron chi connectivity index (χ4n) is 5.56. The smallest absolute Gasteiger partial charge is 0.339 e. The fraction of sp³-hybridized carbons (Fsp3) is 0.375. The summed E-state index contributed by atoms with van der Waals surface area (Å²) in [4.78, 5) is 44.5. The Morgan fingerprint density at radius 3 is 2.67 bits per heavy atom.